The maximum atomic E-state index is 6.16. The number of fused-ring (bicyclic) bond motifs is 12. The number of benzene rings is 9. The van der Waals surface area contributed by atoms with Crippen LogP contribution in [-0.2, 0) is 5.41 Å². The Morgan fingerprint density at radius 1 is 0.350 bits per heavy atom. The largest absolute Gasteiger partial charge is 0.456 e. The van der Waals surface area contributed by atoms with Gasteiger partial charge in [0.25, 0.3) is 0 Å². The predicted octanol–water partition coefficient (Wildman–Crippen LogP) is 15.4. The third kappa shape index (κ3) is 4.60. The molecule has 3 aromatic heterocycles. The normalized spacial score (nSPS) is 13.3. The first-order valence-corrected chi connectivity index (χ1v) is 20.8. The van der Waals surface area contributed by atoms with Crippen molar-refractivity contribution in [1.29, 1.82) is 0 Å². The Kier molecular flexibility index (Phi) is 6.78. The van der Waals surface area contributed by atoms with Gasteiger partial charge >= 0.3 is 0 Å². The number of nitrogens with zero attached hydrogens (tertiary/aromatic N) is 2. The van der Waals surface area contributed by atoms with Crippen molar-refractivity contribution in [3.05, 3.63) is 205 Å². The smallest absolute Gasteiger partial charge is 0.135 e. The molecule has 0 spiro atoms. The van der Waals surface area contributed by atoms with E-state index >= 15 is 0 Å². The Bertz CT molecular complexity index is 3740. The van der Waals surface area contributed by atoms with Crippen LogP contribution in [0.3, 0.4) is 0 Å². The molecule has 0 bridgehead atoms. The third-order valence-corrected chi connectivity index (χ3v) is 13.3. The van der Waals surface area contributed by atoms with E-state index in [9.17, 15) is 0 Å². The summed E-state index contributed by atoms with van der Waals surface area (Å²) in [7, 11) is 0. The highest BCUT2D eigenvalue weighted by molar-refractivity contribution is 6.17. The SMILES string of the molecule is CC1(C)c2cc(-c3ccc4oc5ccccc5c4c3)ccc2-c2ccc(-n3c4ccccc4c4c(-c5ccc6c7ccccc7n(-c7ccccc7)c6c5)cccc43)cc21. The molecule has 0 unspecified atom stereocenters. The Labute approximate surface area is 347 Å². The number of aromatic nitrogens is 2. The average Bonchev–Trinajstić information content (AvgIpc) is 4.01. The first kappa shape index (κ1) is 33.4. The summed E-state index contributed by atoms with van der Waals surface area (Å²) in [5.74, 6) is 0. The minimum absolute atomic E-state index is 0.195. The summed E-state index contributed by atoms with van der Waals surface area (Å²) in [6.07, 6.45) is 0. The van der Waals surface area contributed by atoms with Crippen molar-refractivity contribution in [3.8, 4) is 44.8 Å². The van der Waals surface area contributed by atoms with Crippen LogP contribution in [0.4, 0.5) is 0 Å². The molecular formula is C57H38N2O. The van der Waals surface area contributed by atoms with Gasteiger partial charge in [0.15, 0.2) is 0 Å². The molecule has 282 valence electrons. The molecule has 0 amide bonds. The van der Waals surface area contributed by atoms with Gasteiger partial charge in [0.1, 0.15) is 11.2 Å². The zero-order valence-electron chi connectivity index (χ0n) is 33.3. The zero-order valence-corrected chi connectivity index (χ0v) is 33.3. The number of para-hydroxylation sites is 4. The average molecular weight is 767 g/mol. The third-order valence-electron chi connectivity index (χ3n) is 13.3. The second-order valence-corrected chi connectivity index (χ2v) is 16.9. The molecule has 3 nitrogen and oxygen atoms in total. The molecule has 0 radical (unpaired) electrons. The van der Waals surface area contributed by atoms with E-state index < -0.39 is 0 Å². The van der Waals surface area contributed by atoms with Crippen LogP contribution in [0, 0.1) is 0 Å². The Morgan fingerprint density at radius 2 is 0.950 bits per heavy atom. The van der Waals surface area contributed by atoms with Gasteiger partial charge in [-0.25, -0.2) is 0 Å². The fraction of sp³-hybridized carbons (Fsp3) is 0.0526. The van der Waals surface area contributed by atoms with Gasteiger partial charge in [0.2, 0.25) is 0 Å². The van der Waals surface area contributed by atoms with E-state index in [1.807, 2.05) is 12.1 Å². The molecule has 0 atom stereocenters. The lowest BCUT2D eigenvalue weighted by Crippen LogP contribution is -2.15. The summed E-state index contributed by atoms with van der Waals surface area (Å²) in [5.41, 5.74) is 19.0. The van der Waals surface area contributed by atoms with Crippen molar-refractivity contribution in [2.75, 3.05) is 0 Å². The molecule has 3 heteroatoms. The van der Waals surface area contributed by atoms with Crippen LogP contribution < -0.4 is 0 Å². The summed E-state index contributed by atoms with van der Waals surface area (Å²) in [6.45, 7) is 4.76. The highest BCUT2D eigenvalue weighted by Crippen LogP contribution is 2.51. The first-order valence-electron chi connectivity index (χ1n) is 20.8. The summed E-state index contributed by atoms with van der Waals surface area (Å²) in [6, 6.07) is 71.2. The number of hydrogen-bond donors (Lipinski definition) is 0. The van der Waals surface area contributed by atoms with Crippen molar-refractivity contribution in [2.45, 2.75) is 19.3 Å². The van der Waals surface area contributed by atoms with Crippen molar-refractivity contribution < 1.29 is 4.42 Å². The standard InChI is InChI=1S/C57H38N2O/c1-57(2)48-32-36(35-25-30-55-47(31-35)45-16-8-11-22-54(45)60-55)23-27-41(48)42-29-26-39(34-49(42)57)59-51-20-10-7-17-46(51)56-40(18-12-21-52(56)59)37-24-28-44-43-15-6-9-19-50(43)58(53(44)33-37)38-13-4-3-5-14-38/h3-34H,1-2H3. The minimum atomic E-state index is -0.195. The molecule has 60 heavy (non-hydrogen) atoms. The molecule has 9 aromatic carbocycles. The Morgan fingerprint density at radius 3 is 1.80 bits per heavy atom. The van der Waals surface area contributed by atoms with Crippen LogP contribution in [0.15, 0.2) is 199 Å². The molecule has 0 saturated heterocycles. The second kappa shape index (κ2) is 12.2. The quantitative estimate of drug-likeness (QED) is 0.175. The van der Waals surface area contributed by atoms with Crippen molar-refractivity contribution >= 4 is 65.6 Å². The lowest BCUT2D eigenvalue weighted by atomic mass is 9.81. The predicted molar refractivity (Wildman–Crippen MR) is 251 cm³/mol. The molecule has 0 fully saturated rings. The zero-order chi connectivity index (χ0) is 39.7. The lowest BCUT2D eigenvalue weighted by molar-refractivity contribution is 0.660. The number of hydrogen-bond acceptors (Lipinski definition) is 1. The monoisotopic (exact) mass is 766 g/mol. The topological polar surface area (TPSA) is 23.0 Å². The molecule has 1 aliphatic carbocycles. The molecule has 0 aliphatic heterocycles. The lowest BCUT2D eigenvalue weighted by Gasteiger charge is -2.23. The van der Waals surface area contributed by atoms with Gasteiger partial charge in [-0.15, -0.1) is 0 Å². The second-order valence-electron chi connectivity index (χ2n) is 16.9. The van der Waals surface area contributed by atoms with E-state index in [4.69, 9.17) is 4.42 Å². The van der Waals surface area contributed by atoms with E-state index in [1.165, 1.54) is 93.8 Å². The summed E-state index contributed by atoms with van der Waals surface area (Å²) < 4.78 is 11.0. The summed E-state index contributed by atoms with van der Waals surface area (Å²) in [4.78, 5) is 0. The number of rotatable bonds is 4. The van der Waals surface area contributed by atoms with Gasteiger partial charge in [-0.1, -0.05) is 135 Å². The fourth-order valence-corrected chi connectivity index (χ4v) is 10.5. The summed E-state index contributed by atoms with van der Waals surface area (Å²) >= 11 is 0. The van der Waals surface area contributed by atoms with Crippen LogP contribution in [-0.4, -0.2) is 9.13 Å². The maximum absolute atomic E-state index is 6.16. The van der Waals surface area contributed by atoms with Crippen LogP contribution >= 0.6 is 0 Å². The van der Waals surface area contributed by atoms with Gasteiger partial charge in [0, 0.05) is 49.1 Å². The maximum Gasteiger partial charge on any atom is 0.135 e. The van der Waals surface area contributed by atoms with E-state index in [0.717, 1.165) is 27.6 Å². The van der Waals surface area contributed by atoms with Crippen molar-refractivity contribution in [2.24, 2.45) is 0 Å². The van der Waals surface area contributed by atoms with Crippen molar-refractivity contribution in [1.82, 2.24) is 9.13 Å². The highest BCUT2D eigenvalue weighted by Gasteiger charge is 2.36. The van der Waals surface area contributed by atoms with Gasteiger partial charge in [-0.05, 0) is 117 Å². The van der Waals surface area contributed by atoms with Gasteiger partial charge < -0.3 is 13.6 Å². The molecule has 0 saturated carbocycles. The van der Waals surface area contributed by atoms with Crippen molar-refractivity contribution in [3.63, 3.8) is 0 Å². The molecule has 12 aromatic rings. The van der Waals surface area contributed by atoms with E-state index in [-0.39, 0.29) is 5.41 Å². The number of furan rings is 1. The van der Waals surface area contributed by atoms with Crippen LogP contribution in [0.25, 0.3) is 110 Å². The van der Waals surface area contributed by atoms with E-state index in [2.05, 4.69) is 205 Å². The van der Waals surface area contributed by atoms with Crippen LogP contribution in [0.2, 0.25) is 0 Å². The van der Waals surface area contributed by atoms with E-state index in [0.29, 0.717) is 0 Å². The summed E-state index contributed by atoms with van der Waals surface area (Å²) in [5, 5.41) is 7.35. The Balaban J connectivity index is 0.951. The van der Waals surface area contributed by atoms with Crippen LogP contribution in [0.5, 0.6) is 0 Å². The Hall–Kier alpha value is -7.62. The first-order chi connectivity index (χ1) is 29.5. The molecule has 1 aliphatic rings. The van der Waals surface area contributed by atoms with E-state index in [1.54, 1.807) is 0 Å². The molecule has 0 N–H and O–H groups in total. The fourth-order valence-electron chi connectivity index (χ4n) is 10.5. The van der Waals surface area contributed by atoms with Crippen LogP contribution in [0.1, 0.15) is 25.0 Å². The van der Waals surface area contributed by atoms with Gasteiger partial charge in [0.05, 0.1) is 22.1 Å². The van der Waals surface area contributed by atoms with Gasteiger partial charge in [-0.3, -0.25) is 0 Å². The van der Waals surface area contributed by atoms with Gasteiger partial charge in [-0.2, -0.15) is 0 Å². The minimum Gasteiger partial charge on any atom is -0.456 e. The molecule has 13 rings (SSSR count). The highest BCUT2D eigenvalue weighted by atomic mass is 16.3. The molecular weight excluding hydrogens is 729 g/mol. The molecule has 3 heterocycles.